The van der Waals surface area contributed by atoms with Crippen LogP contribution in [0.4, 0.5) is 5.69 Å². The molecule has 0 atom stereocenters. The fraction of sp³-hybridized carbons (Fsp3) is 0.400. The molecule has 0 saturated heterocycles. The lowest BCUT2D eigenvalue weighted by molar-refractivity contribution is -0.156. The lowest BCUT2D eigenvalue weighted by Crippen LogP contribution is -2.33. The third-order valence-corrected chi connectivity index (χ3v) is 2.78. The molecule has 0 bridgehead atoms. The zero-order valence-electron chi connectivity index (χ0n) is 12.0. The molecule has 0 aliphatic carbocycles. The van der Waals surface area contributed by atoms with Crippen LogP contribution in [0.2, 0.25) is 0 Å². The number of ether oxygens (including phenoxy) is 1. The molecular formula is C15H19NO4. The average molecular weight is 277 g/mol. The van der Waals surface area contributed by atoms with Gasteiger partial charge in [-0.05, 0) is 24.5 Å². The molecule has 108 valence electrons. The standard InChI is InChI=1S/C11H13NO.C4H6O3/c1-9(13)12-8-4-6-10-5-2-3-7-11(10)12;1-3(5)7-4(2)6/h2-3,5,7H,4,6,8H2,1H3;1-2H3. The summed E-state index contributed by atoms with van der Waals surface area (Å²) in [7, 11) is 0. The fourth-order valence-corrected chi connectivity index (χ4v) is 2.06. The van der Waals surface area contributed by atoms with Gasteiger partial charge in [-0.15, -0.1) is 0 Å². The maximum atomic E-state index is 11.3. The second-order valence-corrected chi connectivity index (χ2v) is 4.49. The van der Waals surface area contributed by atoms with E-state index >= 15 is 0 Å². The Morgan fingerprint density at radius 2 is 1.65 bits per heavy atom. The fourth-order valence-electron chi connectivity index (χ4n) is 2.06. The van der Waals surface area contributed by atoms with Crippen LogP contribution in [0.1, 0.15) is 32.8 Å². The van der Waals surface area contributed by atoms with Crippen molar-refractivity contribution >= 4 is 23.5 Å². The van der Waals surface area contributed by atoms with Crippen LogP contribution in [0.3, 0.4) is 0 Å². The summed E-state index contributed by atoms with van der Waals surface area (Å²) in [5, 5.41) is 0. The van der Waals surface area contributed by atoms with E-state index in [0.717, 1.165) is 25.1 Å². The third kappa shape index (κ3) is 4.84. The molecule has 1 amide bonds. The van der Waals surface area contributed by atoms with Gasteiger partial charge in [-0.25, -0.2) is 0 Å². The Bertz CT molecular complexity index is 498. The van der Waals surface area contributed by atoms with Crippen molar-refractivity contribution < 1.29 is 19.1 Å². The molecule has 1 heterocycles. The van der Waals surface area contributed by atoms with Crippen molar-refractivity contribution in [1.29, 1.82) is 0 Å². The number of hydrogen-bond donors (Lipinski definition) is 0. The van der Waals surface area contributed by atoms with Crippen molar-refractivity contribution in [3.05, 3.63) is 29.8 Å². The van der Waals surface area contributed by atoms with Gasteiger partial charge in [0, 0.05) is 33.0 Å². The van der Waals surface area contributed by atoms with Crippen molar-refractivity contribution in [2.24, 2.45) is 0 Å². The minimum atomic E-state index is -0.562. The number of esters is 2. The predicted molar refractivity (Wildman–Crippen MR) is 75.2 cm³/mol. The van der Waals surface area contributed by atoms with E-state index in [-0.39, 0.29) is 5.91 Å². The van der Waals surface area contributed by atoms with Gasteiger partial charge in [0.25, 0.3) is 0 Å². The molecule has 1 aliphatic rings. The summed E-state index contributed by atoms with van der Waals surface area (Å²) in [4.78, 5) is 32.8. The van der Waals surface area contributed by atoms with Crippen LogP contribution in [0, 0.1) is 0 Å². The van der Waals surface area contributed by atoms with E-state index in [9.17, 15) is 14.4 Å². The number of benzene rings is 1. The van der Waals surface area contributed by atoms with Crippen molar-refractivity contribution in [3.8, 4) is 0 Å². The number of aryl methyl sites for hydroxylation is 1. The molecular weight excluding hydrogens is 258 g/mol. The van der Waals surface area contributed by atoms with Gasteiger partial charge in [0.05, 0.1) is 0 Å². The van der Waals surface area contributed by atoms with Gasteiger partial charge in [-0.3, -0.25) is 14.4 Å². The molecule has 1 aromatic carbocycles. The summed E-state index contributed by atoms with van der Waals surface area (Å²) in [6.45, 7) is 4.86. The molecule has 0 fully saturated rings. The molecule has 0 saturated carbocycles. The van der Waals surface area contributed by atoms with Crippen LogP contribution in [0.15, 0.2) is 24.3 Å². The van der Waals surface area contributed by atoms with Crippen LogP contribution in [0.5, 0.6) is 0 Å². The SMILES string of the molecule is CC(=O)N1CCCc2ccccc21.CC(=O)OC(C)=O. The third-order valence-electron chi connectivity index (χ3n) is 2.78. The Labute approximate surface area is 118 Å². The highest BCUT2D eigenvalue weighted by molar-refractivity contribution is 5.92. The molecule has 1 aromatic rings. The predicted octanol–water partition coefficient (Wildman–Crippen LogP) is 2.08. The van der Waals surface area contributed by atoms with Crippen molar-refractivity contribution in [2.75, 3.05) is 11.4 Å². The van der Waals surface area contributed by atoms with Crippen LogP contribution in [0.25, 0.3) is 0 Å². The first kappa shape index (κ1) is 15.9. The number of hydrogen-bond acceptors (Lipinski definition) is 4. The number of amides is 1. The largest absolute Gasteiger partial charge is 0.394 e. The van der Waals surface area contributed by atoms with Crippen LogP contribution in [-0.2, 0) is 25.5 Å². The molecule has 0 N–H and O–H groups in total. The number of nitrogens with zero attached hydrogens (tertiary/aromatic N) is 1. The van der Waals surface area contributed by atoms with Gasteiger partial charge in [-0.1, -0.05) is 18.2 Å². The first-order valence-corrected chi connectivity index (χ1v) is 6.46. The number of carbonyl (C=O) groups excluding carboxylic acids is 3. The monoisotopic (exact) mass is 277 g/mol. The number of anilines is 1. The van der Waals surface area contributed by atoms with Gasteiger partial charge >= 0.3 is 11.9 Å². The first-order valence-electron chi connectivity index (χ1n) is 6.46. The van der Waals surface area contributed by atoms with Gasteiger partial charge in [-0.2, -0.15) is 0 Å². The first-order chi connectivity index (χ1) is 9.41. The minimum absolute atomic E-state index is 0.146. The van der Waals surface area contributed by atoms with E-state index in [0.29, 0.717) is 0 Å². The molecule has 20 heavy (non-hydrogen) atoms. The van der Waals surface area contributed by atoms with Crippen molar-refractivity contribution in [3.63, 3.8) is 0 Å². The summed E-state index contributed by atoms with van der Waals surface area (Å²) >= 11 is 0. The molecule has 5 nitrogen and oxygen atoms in total. The summed E-state index contributed by atoms with van der Waals surface area (Å²) in [6.07, 6.45) is 2.18. The molecule has 1 aliphatic heterocycles. The second-order valence-electron chi connectivity index (χ2n) is 4.49. The zero-order valence-corrected chi connectivity index (χ0v) is 12.0. The highest BCUT2D eigenvalue weighted by atomic mass is 16.6. The molecule has 0 radical (unpaired) electrons. The molecule has 0 spiro atoms. The zero-order chi connectivity index (χ0) is 15.1. The number of carbonyl (C=O) groups is 3. The van der Waals surface area contributed by atoms with Crippen LogP contribution < -0.4 is 4.90 Å². The lowest BCUT2D eigenvalue weighted by atomic mass is 10.0. The van der Waals surface area contributed by atoms with E-state index in [1.165, 1.54) is 19.4 Å². The average Bonchev–Trinajstić information content (AvgIpc) is 2.37. The molecule has 0 unspecified atom stereocenters. The summed E-state index contributed by atoms with van der Waals surface area (Å²) in [6, 6.07) is 8.14. The van der Waals surface area contributed by atoms with Crippen molar-refractivity contribution in [1.82, 2.24) is 0 Å². The maximum Gasteiger partial charge on any atom is 0.310 e. The lowest BCUT2D eigenvalue weighted by Gasteiger charge is -2.28. The summed E-state index contributed by atoms with van der Waals surface area (Å²) in [5.74, 6) is -0.979. The maximum absolute atomic E-state index is 11.3. The second kappa shape index (κ2) is 7.43. The topological polar surface area (TPSA) is 63.7 Å². The Kier molecular flexibility index (Phi) is 5.90. The van der Waals surface area contributed by atoms with E-state index < -0.39 is 11.9 Å². The molecule has 2 rings (SSSR count). The Balaban J connectivity index is 0.000000246. The Morgan fingerprint density at radius 1 is 1.05 bits per heavy atom. The molecule has 5 heteroatoms. The Morgan fingerprint density at radius 3 is 2.15 bits per heavy atom. The summed E-state index contributed by atoms with van der Waals surface area (Å²) in [5.41, 5.74) is 2.39. The minimum Gasteiger partial charge on any atom is -0.394 e. The van der Waals surface area contributed by atoms with E-state index in [1.807, 2.05) is 23.1 Å². The number of para-hydroxylation sites is 1. The van der Waals surface area contributed by atoms with Crippen LogP contribution >= 0.6 is 0 Å². The number of fused-ring (bicyclic) bond motifs is 1. The highest BCUT2D eigenvalue weighted by Gasteiger charge is 2.18. The smallest absolute Gasteiger partial charge is 0.310 e. The van der Waals surface area contributed by atoms with Crippen LogP contribution in [-0.4, -0.2) is 24.4 Å². The summed E-state index contributed by atoms with van der Waals surface area (Å²) < 4.78 is 3.97. The molecule has 0 aromatic heterocycles. The van der Waals surface area contributed by atoms with E-state index in [1.54, 1.807) is 6.92 Å². The van der Waals surface area contributed by atoms with Gasteiger partial charge in [0.1, 0.15) is 0 Å². The Hall–Kier alpha value is -2.17. The van der Waals surface area contributed by atoms with Crippen molar-refractivity contribution in [2.45, 2.75) is 33.6 Å². The normalized spacial score (nSPS) is 12.7. The van der Waals surface area contributed by atoms with Gasteiger partial charge < -0.3 is 9.64 Å². The van der Waals surface area contributed by atoms with Gasteiger partial charge in [0.15, 0.2) is 0 Å². The number of rotatable bonds is 0. The quantitative estimate of drug-likeness (QED) is 0.538. The van der Waals surface area contributed by atoms with Gasteiger partial charge in [0.2, 0.25) is 5.91 Å². The van der Waals surface area contributed by atoms with E-state index in [2.05, 4.69) is 10.8 Å². The van der Waals surface area contributed by atoms with E-state index in [4.69, 9.17) is 0 Å². The highest BCUT2D eigenvalue weighted by Crippen LogP contribution is 2.26.